The first-order chi connectivity index (χ1) is 12.0. The molecule has 1 N–H and O–H groups in total. The first-order valence-corrected chi connectivity index (χ1v) is 8.29. The molecule has 2 aromatic heterocycles. The molecular weight excluding hydrogens is 314 g/mol. The normalized spacial score (nSPS) is 10.9. The maximum absolute atomic E-state index is 12.5. The third-order valence-corrected chi connectivity index (χ3v) is 3.74. The van der Waals surface area contributed by atoms with Gasteiger partial charge in [0.25, 0.3) is 0 Å². The van der Waals surface area contributed by atoms with Gasteiger partial charge in [-0.25, -0.2) is 14.8 Å². The van der Waals surface area contributed by atoms with Crippen LogP contribution in [0.15, 0.2) is 48.7 Å². The second-order valence-corrected chi connectivity index (χ2v) is 6.16. The smallest absolute Gasteiger partial charge is 0.342 e. The minimum atomic E-state index is -0.388. The number of hydrogen-bond donors (Lipinski definition) is 1. The van der Waals surface area contributed by atoms with Crippen LogP contribution in [0.25, 0.3) is 11.0 Å². The summed E-state index contributed by atoms with van der Waals surface area (Å²) in [4.78, 5) is 21.3. The Bertz CT molecular complexity index is 892. The van der Waals surface area contributed by atoms with Crippen molar-refractivity contribution in [3.05, 3.63) is 65.5 Å². The Morgan fingerprint density at radius 2 is 1.92 bits per heavy atom. The van der Waals surface area contributed by atoms with Gasteiger partial charge in [-0.2, -0.15) is 0 Å². The second-order valence-electron chi connectivity index (χ2n) is 6.16. The molecule has 0 aliphatic rings. The zero-order valence-electron chi connectivity index (χ0n) is 14.6. The van der Waals surface area contributed by atoms with E-state index in [9.17, 15) is 4.79 Å². The van der Waals surface area contributed by atoms with E-state index < -0.39 is 0 Å². The number of rotatable bonds is 5. The highest BCUT2D eigenvalue weighted by Crippen LogP contribution is 2.27. The van der Waals surface area contributed by atoms with E-state index >= 15 is 0 Å². The van der Waals surface area contributed by atoms with Gasteiger partial charge in [-0.1, -0.05) is 30.3 Å². The average molecular weight is 335 g/mol. The number of ether oxygens (including phenoxy) is 1. The minimum Gasteiger partial charge on any atom is -0.459 e. The van der Waals surface area contributed by atoms with Gasteiger partial charge in [0.05, 0.1) is 11.8 Å². The van der Waals surface area contributed by atoms with Gasteiger partial charge in [0.1, 0.15) is 5.56 Å². The van der Waals surface area contributed by atoms with Gasteiger partial charge >= 0.3 is 5.97 Å². The van der Waals surface area contributed by atoms with E-state index in [1.807, 2.05) is 63.2 Å². The molecule has 0 spiro atoms. The Hall–Kier alpha value is -2.95. The maximum atomic E-state index is 12.5. The molecule has 0 unspecified atom stereocenters. The summed E-state index contributed by atoms with van der Waals surface area (Å²) < 4.78 is 5.36. The number of carbonyl (C=O) groups is 1. The van der Waals surface area contributed by atoms with Crippen LogP contribution < -0.4 is 5.32 Å². The summed E-state index contributed by atoms with van der Waals surface area (Å²) in [5, 5.41) is 4.17. The molecule has 0 fully saturated rings. The molecule has 0 saturated carbocycles. The molecule has 1 aromatic carbocycles. The van der Waals surface area contributed by atoms with Gasteiger partial charge in [-0.05, 0) is 38.5 Å². The number of aryl methyl sites for hydroxylation is 1. The van der Waals surface area contributed by atoms with E-state index in [0.717, 1.165) is 16.6 Å². The highest BCUT2D eigenvalue weighted by molar-refractivity contribution is 6.04. The molecule has 0 amide bonds. The fourth-order valence-electron chi connectivity index (χ4n) is 2.58. The summed E-state index contributed by atoms with van der Waals surface area (Å²) in [6.07, 6.45) is 1.34. The summed E-state index contributed by atoms with van der Waals surface area (Å²) in [7, 11) is 0. The van der Waals surface area contributed by atoms with Crippen molar-refractivity contribution >= 4 is 22.7 Å². The van der Waals surface area contributed by atoms with Crippen molar-refractivity contribution in [2.75, 3.05) is 5.32 Å². The second kappa shape index (κ2) is 7.30. The molecule has 0 aliphatic carbocycles. The number of fused-ring (bicyclic) bond motifs is 1. The fraction of sp³-hybridized carbons (Fsp3) is 0.250. The molecule has 0 aliphatic heterocycles. The lowest BCUT2D eigenvalue weighted by Gasteiger charge is -2.15. The maximum Gasteiger partial charge on any atom is 0.342 e. The summed E-state index contributed by atoms with van der Waals surface area (Å²) in [6.45, 7) is 6.16. The highest BCUT2D eigenvalue weighted by atomic mass is 16.5. The third-order valence-electron chi connectivity index (χ3n) is 3.74. The lowest BCUT2D eigenvalue weighted by molar-refractivity contribution is 0.0379. The summed E-state index contributed by atoms with van der Waals surface area (Å²) in [5.41, 5.74) is 3.73. The molecule has 128 valence electrons. The van der Waals surface area contributed by atoms with Gasteiger partial charge in [0.2, 0.25) is 0 Å². The predicted octanol–water partition coefficient (Wildman–Crippen LogP) is 4.12. The quantitative estimate of drug-likeness (QED) is 0.711. The summed E-state index contributed by atoms with van der Waals surface area (Å²) in [5.74, 6) is -0.388. The molecule has 5 heteroatoms. The number of hydrogen-bond acceptors (Lipinski definition) is 5. The largest absolute Gasteiger partial charge is 0.459 e. The monoisotopic (exact) mass is 335 g/mol. The minimum absolute atomic E-state index is 0.193. The van der Waals surface area contributed by atoms with Crippen LogP contribution in [0.5, 0.6) is 0 Å². The van der Waals surface area contributed by atoms with Crippen molar-refractivity contribution in [1.82, 2.24) is 9.97 Å². The number of carbonyl (C=O) groups excluding carboxylic acids is 1. The average Bonchev–Trinajstić information content (AvgIpc) is 2.59. The third kappa shape index (κ3) is 3.94. The lowest BCUT2D eigenvalue weighted by atomic mass is 10.1. The van der Waals surface area contributed by atoms with E-state index in [4.69, 9.17) is 4.74 Å². The fourth-order valence-corrected chi connectivity index (χ4v) is 2.58. The van der Waals surface area contributed by atoms with Crippen molar-refractivity contribution in [2.45, 2.75) is 33.4 Å². The van der Waals surface area contributed by atoms with Gasteiger partial charge in [0.15, 0.2) is 5.65 Å². The van der Waals surface area contributed by atoms with Gasteiger partial charge in [-0.3, -0.25) is 0 Å². The SMILES string of the molecule is Cc1ccc2c(NCc3ccccc3)c(C(=O)OC(C)C)cnc2n1. The van der Waals surface area contributed by atoms with Gasteiger partial charge < -0.3 is 10.1 Å². The molecule has 0 atom stereocenters. The number of benzene rings is 1. The molecule has 3 aromatic rings. The number of anilines is 1. The Balaban J connectivity index is 2.02. The summed E-state index contributed by atoms with van der Waals surface area (Å²) in [6, 6.07) is 13.9. The predicted molar refractivity (Wildman–Crippen MR) is 98.6 cm³/mol. The first-order valence-electron chi connectivity index (χ1n) is 8.29. The number of nitrogens with one attached hydrogen (secondary N) is 1. The van der Waals surface area contributed by atoms with E-state index in [1.165, 1.54) is 6.20 Å². The van der Waals surface area contributed by atoms with Crippen LogP contribution in [0.4, 0.5) is 5.69 Å². The molecule has 25 heavy (non-hydrogen) atoms. The van der Waals surface area contributed by atoms with Crippen LogP contribution in [-0.4, -0.2) is 22.0 Å². The molecule has 2 heterocycles. The van der Waals surface area contributed by atoms with Crippen LogP contribution in [0.2, 0.25) is 0 Å². The zero-order valence-corrected chi connectivity index (χ0v) is 14.6. The van der Waals surface area contributed by atoms with Crippen molar-refractivity contribution < 1.29 is 9.53 Å². The van der Waals surface area contributed by atoms with Crippen molar-refractivity contribution in [3.8, 4) is 0 Å². The van der Waals surface area contributed by atoms with Gasteiger partial charge in [-0.15, -0.1) is 0 Å². The van der Waals surface area contributed by atoms with Crippen LogP contribution in [0.3, 0.4) is 0 Å². The molecular formula is C20H21N3O2. The first kappa shape index (κ1) is 16.9. The molecule has 0 radical (unpaired) electrons. The van der Waals surface area contributed by atoms with Crippen LogP contribution >= 0.6 is 0 Å². The number of pyridine rings is 2. The van der Waals surface area contributed by atoms with Crippen molar-refractivity contribution in [2.24, 2.45) is 0 Å². The van der Waals surface area contributed by atoms with Crippen molar-refractivity contribution in [3.63, 3.8) is 0 Å². The topological polar surface area (TPSA) is 64.1 Å². The highest BCUT2D eigenvalue weighted by Gasteiger charge is 2.18. The van der Waals surface area contributed by atoms with E-state index in [0.29, 0.717) is 23.4 Å². The Kier molecular flexibility index (Phi) is 4.93. The van der Waals surface area contributed by atoms with Crippen LogP contribution in [0, 0.1) is 6.92 Å². The number of esters is 1. The summed E-state index contributed by atoms with van der Waals surface area (Å²) >= 11 is 0. The van der Waals surface area contributed by atoms with E-state index in [-0.39, 0.29) is 12.1 Å². The van der Waals surface area contributed by atoms with E-state index in [2.05, 4.69) is 15.3 Å². The zero-order chi connectivity index (χ0) is 17.8. The van der Waals surface area contributed by atoms with E-state index in [1.54, 1.807) is 0 Å². The molecule has 0 bridgehead atoms. The van der Waals surface area contributed by atoms with Crippen LogP contribution in [-0.2, 0) is 11.3 Å². The Morgan fingerprint density at radius 1 is 1.16 bits per heavy atom. The lowest BCUT2D eigenvalue weighted by Crippen LogP contribution is -2.15. The molecule has 0 saturated heterocycles. The van der Waals surface area contributed by atoms with Gasteiger partial charge in [0, 0.05) is 23.8 Å². The standard InChI is InChI=1S/C20H21N3O2/c1-13(2)25-20(24)17-12-22-19-16(10-9-14(3)23-19)18(17)21-11-15-7-5-4-6-8-15/h4-10,12-13H,11H2,1-3H3,(H,21,22,23). The van der Waals surface area contributed by atoms with Crippen LogP contribution in [0.1, 0.15) is 35.5 Å². The van der Waals surface area contributed by atoms with Crippen molar-refractivity contribution in [1.29, 1.82) is 0 Å². The number of aromatic nitrogens is 2. The number of nitrogens with zero attached hydrogens (tertiary/aromatic N) is 2. The Morgan fingerprint density at radius 3 is 2.64 bits per heavy atom. The Labute approximate surface area is 147 Å². The molecule has 5 nitrogen and oxygen atoms in total. The molecule has 3 rings (SSSR count).